The number of nitrogens with zero attached hydrogens (tertiary/aromatic N) is 3. The third kappa shape index (κ3) is 4.13. The van der Waals surface area contributed by atoms with Crippen molar-refractivity contribution in [1.29, 1.82) is 0 Å². The van der Waals surface area contributed by atoms with Crippen molar-refractivity contribution in [3.8, 4) is 5.75 Å². The molecule has 0 atom stereocenters. The lowest BCUT2D eigenvalue weighted by atomic mass is 10.1. The molecular formula is C22H23F2N3O. The van der Waals surface area contributed by atoms with E-state index in [2.05, 4.69) is 14.8 Å². The number of benzene rings is 2. The molecule has 1 aliphatic heterocycles. The number of hydrogen-bond donors (Lipinski definition) is 0. The molecule has 0 unspecified atom stereocenters. The molecule has 1 fully saturated rings. The summed E-state index contributed by atoms with van der Waals surface area (Å²) in [4.78, 5) is 9.05. The second-order valence-electron chi connectivity index (χ2n) is 7.16. The average molecular weight is 383 g/mol. The van der Waals surface area contributed by atoms with Crippen molar-refractivity contribution in [2.24, 2.45) is 0 Å². The third-order valence-electron chi connectivity index (χ3n) is 5.23. The third-order valence-corrected chi connectivity index (χ3v) is 5.23. The van der Waals surface area contributed by atoms with Crippen LogP contribution in [-0.2, 0) is 13.1 Å². The average Bonchev–Trinajstić information content (AvgIpc) is 2.69. The van der Waals surface area contributed by atoms with Crippen LogP contribution in [-0.4, -0.2) is 48.1 Å². The van der Waals surface area contributed by atoms with Gasteiger partial charge in [-0.05, 0) is 41.5 Å². The summed E-state index contributed by atoms with van der Waals surface area (Å²) in [5.41, 5.74) is 2.72. The van der Waals surface area contributed by atoms with Crippen LogP contribution >= 0.6 is 0 Å². The normalized spacial score (nSPS) is 15.8. The molecule has 146 valence electrons. The number of piperazine rings is 1. The van der Waals surface area contributed by atoms with Crippen molar-refractivity contribution in [3.05, 3.63) is 71.4 Å². The smallest absolute Gasteiger partial charge is 0.165 e. The van der Waals surface area contributed by atoms with Gasteiger partial charge in [-0.2, -0.15) is 0 Å². The van der Waals surface area contributed by atoms with Crippen molar-refractivity contribution >= 4 is 10.9 Å². The highest BCUT2D eigenvalue weighted by molar-refractivity contribution is 5.81. The summed E-state index contributed by atoms with van der Waals surface area (Å²) in [5, 5.41) is 0.831. The molecule has 2 heterocycles. The number of methoxy groups -OCH3 is 1. The topological polar surface area (TPSA) is 28.6 Å². The Kier molecular flexibility index (Phi) is 5.50. The van der Waals surface area contributed by atoms with Gasteiger partial charge in [0, 0.05) is 50.9 Å². The van der Waals surface area contributed by atoms with E-state index >= 15 is 0 Å². The molecule has 0 amide bonds. The van der Waals surface area contributed by atoms with Crippen LogP contribution in [0.2, 0.25) is 0 Å². The van der Waals surface area contributed by atoms with Crippen LogP contribution in [0, 0.1) is 11.6 Å². The lowest BCUT2D eigenvalue weighted by Gasteiger charge is -2.34. The standard InChI is InChI=1S/C22H23F2N3O/c1-28-21-5-4-16(11-20(21)24)14-26-7-9-27(10-8-26)15-18-13-19(23)12-17-3-2-6-25-22(17)18/h2-6,11-13H,7-10,14-15H2,1H3. The lowest BCUT2D eigenvalue weighted by molar-refractivity contribution is 0.122. The molecule has 0 spiro atoms. The summed E-state index contributed by atoms with van der Waals surface area (Å²) < 4.78 is 32.8. The Morgan fingerprint density at radius 1 is 0.964 bits per heavy atom. The van der Waals surface area contributed by atoms with Crippen molar-refractivity contribution in [2.75, 3.05) is 33.3 Å². The molecule has 0 bridgehead atoms. The molecule has 0 aliphatic carbocycles. The van der Waals surface area contributed by atoms with Gasteiger partial charge in [0.2, 0.25) is 0 Å². The van der Waals surface area contributed by atoms with E-state index in [1.54, 1.807) is 18.3 Å². The number of fused-ring (bicyclic) bond motifs is 1. The van der Waals surface area contributed by atoms with Gasteiger partial charge >= 0.3 is 0 Å². The first-order valence-corrected chi connectivity index (χ1v) is 9.42. The Labute approximate surface area is 163 Å². The summed E-state index contributed by atoms with van der Waals surface area (Å²) in [6.45, 7) is 4.91. The first-order valence-electron chi connectivity index (χ1n) is 9.42. The Morgan fingerprint density at radius 2 is 1.71 bits per heavy atom. The van der Waals surface area contributed by atoms with Gasteiger partial charge in [0.1, 0.15) is 5.82 Å². The second-order valence-corrected chi connectivity index (χ2v) is 7.16. The minimum Gasteiger partial charge on any atom is -0.494 e. The number of pyridine rings is 1. The maximum Gasteiger partial charge on any atom is 0.165 e. The highest BCUT2D eigenvalue weighted by Gasteiger charge is 2.19. The molecule has 6 heteroatoms. The van der Waals surface area contributed by atoms with E-state index in [1.165, 1.54) is 19.2 Å². The van der Waals surface area contributed by atoms with E-state index in [0.717, 1.165) is 48.2 Å². The van der Waals surface area contributed by atoms with Gasteiger partial charge in [0.25, 0.3) is 0 Å². The molecule has 2 aromatic carbocycles. The Morgan fingerprint density at radius 3 is 2.43 bits per heavy atom. The SMILES string of the molecule is COc1ccc(CN2CCN(Cc3cc(F)cc4cccnc34)CC2)cc1F. The van der Waals surface area contributed by atoms with Crippen molar-refractivity contribution in [2.45, 2.75) is 13.1 Å². The van der Waals surface area contributed by atoms with Crippen LogP contribution in [0.15, 0.2) is 48.7 Å². The quantitative estimate of drug-likeness (QED) is 0.669. The van der Waals surface area contributed by atoms with E-state index in [0.29, 0.717) is 13.1 Å². The Hall–Kier alpha value is -2.57. The predicted octanol–water partition coefficient (Wildman–Crippen LogP) is 3.84. The largest absolute Gasteiger partial charge is 0.494 e. The fourth-order valence-electron chi connectivity index (χ4n) is 3.76. The fourth-order valence-corrected chi connectivity index (χ4v) is 3.76. The van der Waals surface area contributed by atoms with E-state index in [4.69, 9.17) is 4.74 Å². The van der Waals surface area contributed by atoms with Gasteiger partial charge in [-0.25, -0.2) is 8.78 Å². The number of rotatable bonds is 5. The van der Waals surface area contributed by atoms with Crippen molar-refractivity contribution in [1.82, 2.24) is 14.8 Å². The molecule has 3 aromatic rings. The first-order chi connectivity index (χ1) is 13.6. The molecule has 0 N–H and O–H groups in total. The fraction of sp³-hybridized carbons (Fsp3) is 0.318. The van der Waals surface area contributed by atoms with Crippen molar-refractivity contribution < 1.29 is 13.5 Å². The van der Waals surface area contributed by atoms with Gasteiger partial charge in [-0.15, -0.1) is 0 Å². The first kappa shape index (κ1) is 18.8. The molecule has 28 heavy (non-hydrogen) atoms. The van der Waals surface area contributed by atoms with Crippen LogP contribution in [0.5, 0.6) is 5.75 Å². The van der Waals surface area contributed by atoms with Crippen LogP contribution < -0.4 is 4.74 Å². The summed E-state index contributed by atoms with van der Waals surface area (Å²) in [5.74, 6) is -0.288. The molecule has 1 aromatic heterocycles. The highest BCUT2D eigenvalue weighted by atomic mass is 19.1. The summed E-state index contributed by atoms with van der Waals surface area (Å²) in [6, 6.07) is 11.9. The molecular weight excluding hydrogens is 360 g/mol. The second kappa shape index (κ2) is 8.20. The summed E-state index contributed by atoms with van der Waals surface area (Å²) >= 11 is 0. The molecule has 0 saturated carbocycles. The monoisotopic (exact) mass is 383 g/mol. The van der Waals surface area contributed by atoms with Gasteiger partial charge in [-0.3, -0.25) is 14.8 Å². The zero-order valence-corrected chi connectivity index (χ0v) is 15.9. The van der Waals surface area contributed by atoms with Crippen LogP contribution in [0.25, 0.3) is 10.9 Å². The number of halogens is 2. The predicted molar refractivity (Wildman–Crippen MR) is 105 cm³/mol. The van der Waals surface area contributed by atoms with Gasteiger partial charge in [-0.1, -0.05) is 12.1 Å². The van der Waals surface area contributed by atoms with Gasteiger partial charge in [0.05, 0.1) is 12.6 Å². The Balaban J connectivity index is 1.38. The lowest BCUT2D eigenvalue weighted by Crippen LogP contribution is -2.45. The van der Waals surface area contributed by atoms with Gasteiger partial charge < -0.3 is 4.74 Å². The number of ether oxygens (including phenoxy) is 1. The van der Waals surface area contributed by atoms with E-state index in [1.807, 2.05) is 18.2 Å². The maximum atomic E-state index is 13.9. The van der Waals surface area contributed by atoms with Crippen molar-refractivity contribution in [3.63, 3.8) is 0 Å². The van der Waals surface area contributed by atoms with Crippen LogP contribution in [0.1, 0.15) is 11.1 Å². The summed E-state index contributed by atoms with van der Waals surface area (Å²) in [6.07, 6.45) is 1.75. The molecule has 4 rings (SSSR count). The minimum atomic E-state index is -0.330. The maximum absolute atomic E-state index is 13.9. The zero-order valence-electron chi connectivity index (χ0n) is 15.9. The molecule has 0 radical (unpaired) electrons. The molecule has 1 saturated heterocycles. The number of hydrogen-bond acceptors (Lipinski definition) is 4. The summed E-state index contributed by atoms with van der Waals surface area (Å²) in [7, 11) is 1.47. The molecule has 1 aliphatic rings. The zero-order chi connectivity index (χ0) is 19.5. The highest BCUT2D eigenvalue weighted by Crippen LogP contribution is 2.22. The van der Waals surface area contributed by atoms with E-state index in [9.17, 15) is 8.78 Å². The van der Waals surface area contributed by atoms with E-state index in [-0.39, 0.29) is 17.4 Å². The van der Waals surface area contributed by atoms with E-state index < -0.39 is 0 Å². The molecule has 4 nitrogen and oxygen atoms in total. The van der Waals surface area contributed by atoms with Crippen LogP contribution in [0.3, 0.4) is 0 Å². The minimum absolute atomic E-state index is 0.226. The Bertz CT molecular complexity index is 971. The number of aromatic nitrogens is 1. The van der Waals surface area contributed by atoms with Gasteiger partial charge in [0.15, 0.2) is 11.6 Å². The van der Waals surface area contributed by atoms with Crippen LogP contribution in [0.4, 0.5) is 8.78 Å².